The molecule has 1 aliphatic carbocycles. The lowest BCUT2D eigenvalue weighted by molar-refractivity contribution is -0.000485. The molecular weight excluding hydrogens is 212 g/mol. The van der Waals surface area contributed by atoms with Gasteiger partial charge in [-0.1, -0.05) is 6.07 Å². The molecule has 0 amide bonds. The lowest BCUT2D eigenvalue weighted by atomic mass is 9.80. The van der Waals surface area contributed by atoms with Crippen molar-refractivity contribution >= 4 is 0 Å². The molecule has 2 N–H and O–H groups in total. The van der Waals surface area contributed by atoms with Crippen LogP contribution in [0.25, 0.3) is 0 Å². The lowest BCUT2D eigenvalue weighted by Gasteiger charge is -2.33. The highest BCUT2D eigenvalue weighted by atomic mass is 16.3. The van der Waals surface area contributed by atoms with Crippen LogP contribution in [0.5, 0.6) is 0 Å². The highest BCUT2D eigenvalue weighted by Crippen LogP contribution is 2.43. The first-order chi connectivity index (χ1) is 8.30. The smallest absolute Gasteiger partial charge is 0.0743 e. The molecule has 17 heavy (non-hydrogen) atoms. The Labute approximate surface area is 102 Å². The Balaban J connectivity index is 1.89. The van der Waals surface area contributed by atoms with Crippen molar-refractivity contribution in [1.82, 2.24) is 10.3 Å². The number of aromatic nitrogens is 1. The van der Waals surface area contributed by atoms with Crippen LogP contribution in [0.3, 0.4) is 0 Å². The first kappa shape index (κ1) is 11.2. The van der Waals surface area contributed by atoms with Crippen LogP contribution in [0.1, 0.15) is 42.9 Å². The number of aliphatic hydroxyl groups is 1. The van der Waals surface area contributed by atoms with Gasteiger partial charge in [0.1, 0.15) is 0 Å². The van der Waals surface area contributed by atoms with Crippen LogP contribution in [0.15, 0.2) is 18.3 Å². The Bertz CT molecular complexity index is 397. The Kier molecular flexibility index (Phi) is 2.89. The zero-order valence-electron chi connectivity index (χ0n) is 10.2. The number of hydrogen-bond acceptors (Lipinski definition) is 3. The molecule has 1 aromatic rings. The largest absolute Gasteiger partial charge is 0.389 e. The average Bonchev–Trinajstić information content (AvgIpc) is 2.67. The van der Waals surface area contributed by atoms with E-state index in [2.05, 4.69) is 16.4 Å². The van der Waals surface area contributed by atoms with Crippen molar-refractivity contribution in [3.05, 3.63) is 29.6 Å². The minimum Gasteiger partial charge on any atom is -0.389 e. The summed E-state index contributed by atoms with van der Waals surface area (Å²) in [5.74, 6) is 0.249. The first-order valence-corrected chi connectivity index (χ1v) is 6.66. The van der Waals surface area contributed by atoms with E-state index in [-0.39, 0.29) is 5.92 Å². The molecule has 1 aromatic heterocycles. The van der Waals surface area contributed by atoms with Crippen LogP contribution in [-0.4, -0.2) is 28.8 Å². The fraction of sp³-hybridized carbons (Fsp3) is 0.643. The molecule has 2 atom stereocenters. The minimum absolute atomic E-state index is 0.249. The van der Waals surface area contributed by atoms with Crippen LogP contribution < -0.4 is 5.32 Å². The molecule has 0 radical (unpaired) electrons. The maximum atomic E-state index is 10.9. The first-order valence-electron chi connectivity index (χ1n) is 6.66. The molecule has 2 aliphatic rings. The summed E-state index contributed by atoms with van der Waals surface area (Å²) < 4.78 is 0. The predicted octanol–water partition coefficient (Wildman–Crippen LogP) is 1.62. The van der Waals surface area contributed by atoms with Gasteiger partial charge in [-0.05, 0) is 56.8 Å². The Morgan fingerprint density at radius 2 is 2.29 bits per heavy atom. The summed E-state index contributed by atoms with van der Waals surface area (Å²) in [5.41, 5.74) is 1.95. The SMILES string of the molecule is OC1(C2CCc3cccnc32)CCCNCC1. The van der Waals surface area contributed by atoms with Crippen molar-refractivity contribution in [1.29, 1.82) is 0 Å². The number of hydrogen-bond donors (Lipinski definition) is 2. The van der Waals surface area contributed by atoms with Crippen molar-refractivity contribution in [3.8, 4) is 0 Å². The van der Waals surface area contributed by atoms with E-state index >= 15 is 0 Å². The normalized spacial score (nSPS) is 33.1. The van der Waals surface area contributed by atoms with Gasteiger partial charge in [-0.2, -0.15) is 0 Å². The molecule has 3 rings (SSSR count). The van der Waals surface area contributed by atoms with Gasteiger partial charge in [0.2, 0.25) is 0 Å². The lowest BCUT2D eigenvalue weighted by Crippen LogP contribution is -2.36. The molecular formula is C14H20N2O. The van der Waals surface area contributed by atoms with E-state index < -0.39 is 5.60 Å². The molecule has 1 saturated heterocycles. The highest BCUT2D eigenvalue weighted by molar-refractivity contribution is 5.31. The Morgan fingerprint density at radius 1 is 1.35 bits per heavy atom. The summed E-state index contributed by atoms with van der Waals surface area (Å²) >= 11 is 0. The predicted molar refractivity (Wildman–Crippen MR) is 67.0 cm³/mol. The van der Waals surface area contributed by atoms with Gasteiger partial charge < -0.3 is 10.4 Å². The molecule has 0 saturated carbocycles. The summed E-state index contributed by atoms with van der Waals surface area (Å²) in [6.07, 6.45) is 6.81. The molecule has 2 unspecified atom stereocenters. The molecule has 3 nitrogen and oxygen atoms in total. The van der Waals surface area contributed by atoms with Gasteiger partial charge in [-0.25, -0.2) is 0 Å². The van der Waals surface area contributed by atoms with E-state index in [0.29, 0.717) is 0 Å². The zero-order valence-corrected chi connectivity index (χ0v) is 10.2. The summed E-state index contributed by atoms with van der Waals surface area (Å²) in [6.45, 7) is 1.96. The fourth-order valence-corrected chi connectivity index (χ4v) is 3.36. The molecule has 0 aromatic carbocycles. The standard InChI is InChI=1S/C14H20N2O/c17-14(6-2-8-15-10-7-14)12-5-4-11-3-1-9-16-13(11)12/h1,3,9,12,15,17H,2,4-8,10H2. The molecule has 1 fully saturated rings. The third-order valence-electron chi connectivity index (χ3n) is 4.31. The van der Waals surface area contributed by atoms with Gasteiger partial charge in [-0.3, -0.25) is 4.98 Å². The number of nitrogens with zero attached hydrogens (tertiary/aromatic N) is 1. The summed E-state index contributed by atoms with van der Waals surface area (Å²) in [7, 11) is 0. The maximum Gasteiger partial charge on any atom is 0.0743 e. The van der Waals surface area contributed by atoms with Gasteiger partial charge >= 0.3 is 0 Å². The van der Waals surface area contributed by atoms with E-state index in [0.717, 1.165) is 50.9 Å². The van der Waals surface area contributed by atoms with E-state index in [1.165, 1.54) is 5.56 Å². The van der Waals surface area contributed by atoms with Gasteiger partial charge in [0.05, 0.1) is 5.60 Å². The summed E-state index contributed by atoms with van der Waals surface area (Å²) in [4.78, 5) is 4.51. The monoisotopic (exact) mass is 232 g/mol. The second kappa shape index (κ2) is 4.39. The number of nitrogens with one attached hydrogen (secondary N) is 1. The topological polar surface area (TPSA) is 45.2 Å². The van der Waals surface area contributed by atoms with Crippen molar-refractivity contribution in [2.75, 3.05) is 13.1 Å². The van der Waals surface area contributed by atoms with Crippen LogP contribution in [0, 0.1) is 0 Å². The Morgan fingerprint density at radius 3 is 3.24 bits per heavy atom. The van der Waals surface area contributed by atoms with E-state index in [1.54, 1.807) is 0 Å². The van der Waals surface area contributed by atoms with E-state index in [1.807, 2.05) is 12.3 Å². The second-order valence-corrected chi connectivity index (χ2v) is 5.35. The van der Waals surface area contributed by atoms with Crippen LogP contribution in [-0.2, 0) is 6.42 Å². The minimum atomic E-state index is -0.539. The van der Waals surface area contributed by atoms with Gasteiger partial charge in [0, 0.05) is 17.8 Å². The van der Waals surface area contributed by atoms with Crippen molar-refractivity contribution in [2.45, 2.75) is 43.6 Å². The molecule has 0 spiro atoms. The molecule has 0 bridgehead atoms. The molecule has 92 valence electrons. The highest BCUT2D eigenvalue weighted by Gasteiger charge is 2.41. The number of rotatable bonds is 1. The summed E-state index contributed by atoms with van der Waals surface area (Å²) in [6, 6.07) is 4.15. The quantitative estimate of drug-likeness (QED) is 0.773. The Hall–Kier alpha value is -0.930. The number of pyridine rings is 1. The summed E-state index contributed by atoms with van der Waals surface area (Å²) in [5, 5.41) is 14.3. The zero-order chi connectivity index (χ0) is 11.7. The van der Waals surface area contributed by atoms with Gasteiger partial charge in [0.15, 0.2) is 0 Å². The third kappa shape index (κ3) is 1.98. The molecule has 3 heteroatoms. The van der Waals surface area contributed by atoms with E-state index in [9.17, 15) is 5.11 Å². The number of aryl methyl sites for hydroxylation is 1. The fourth-order valence-electron chi connectivity index (χ4n) is 3.36. The van der Waals surface area contributed by atoms with Gasteiger partial charge in [-0.15, -0.1) is 0 Å². The maximum absolute atomic E-state index is 10.9. The van der Waals surface area contributed by atoms with E-state index in [4.69, 9.17) is 0 Å². The third-order valence-corrected chi connectivity index (χ3v) is 4.31. The number of fused-ring (bicyclic) bond motifs is 1. The van der Waals surface area contributed by atoms with Crippen LogP contribution in [0.2, 0.25) is 0 Å². The average molecular weight is 232 g/mol. The second-order valence-electron chi connectivity index (χ2n) is 5.35. The van der Waals surface area contributed by atoms with Crippen molar-refractivity contribution in [3.63, 3.8) is 0 Å². The van der Waals surface area contributed by atoms with Crippen molar-refractivity contribution in [2.24, 2.45) is 0 Å². The van der Waals surface area contributed by atoms with Crippen molar-refractivity contribution < 1.29 is 5.11 Å². The molecule has 1 aliphatic heterocycles. The van der Waals surface area contributed by atoms with Crippen LogP contribution in [0.4, 0.5) is 0 Å². The van der Waals surface area contributed by atoms with Gasteiger partial charge in [0.25, 0.3) is 0 Å². The molecule has 2 heterocycles. The van der Waals surface area contributed by atoms with Crippen LogP contribution >= 0.6 is 0 Å².